The predicted molar refractivity (Wildman–Crippen MR) is 122 cm³/mol. The van der Waals surface area contributed by atoms with Gasteiger partial charge in [0.1, 0.15) is 5.54 Å². The first-order valence-electron chi connectivity index (χ1n) is 10.4. The van der Waals surface area contributed by atoms with Crippen LogP contribution < -0.4 is 11.1 Å². The second-order valence-electron chi connectivity index (χ2n) is 8.62. The van der Waals surface area contributed by atoms with Gasteiger partial charge in [0.2, 0.25) is 5.78 Å². The molecule has 2 aliphatic rings. The number of hydrogen-bond donors (Lipinski definition) is 3. The van der Waals surface area contributed by atoms with Crippen LogP contribution in [0.5, 0.6) is 0 Å². The van der Waals surface area contributed by atoms with E-state index in [9.17, 15) is 9.59 Å². The second-order valence-corrected chi connectivity index (χ2v) is 10.1. The molecule has 3 heterocycles. The Kier molecular flexibility index (Phi) is 5.13. The number of H-pyrrole nitrogens is 1. The van der Waals surface area contributed by atoms with Crippen molar-refractivity contribution >= 4 is 45.5 Å². The van der Waals surface area contributed by atoms with E-state index >= 15 is 0 Å². The molecule has 9 heteroatoms. The van der Waals surface area contributed by atoms with Crippen LogP contribution >= 0.6 is 22.9 Å². The predicted octanol–water partition coefficient (Wildman–Crippen LogP) is 3.48. The molecular weight excluding hydrogens is 434 g/mol. The van der Waals surface area contributed by atoms with Gasteiger partial charge in [-0.3, -0.25) is 14.5 Å². The van der Waals surface area contributed by atoms with Gasteiger partial charge >= 0.3 is 0 Å². The van der Waals surface area contributed by atoms with Gasteiger partial charge in [-0.15, -0.1) is 11.3 Å². The minimum Gasteiger partial charge on any atom is -0.352 e. The number of carbonyl (C=O) groups is 2. The first-order chi connectivity index (χ1) is 14.8. The Bertz CT molecular complexity index is 1160. The highest BCUT2D eigenvalue weighted by Crippen LogP contribution is 2.32. The fraction of sp³-hybridized carbons (Fsp3) is 0.409. The Morgan fingerprint density at radius 1 is 1.32 bits per heavy atom. The lowest BCUT2D eigenvalue weighted by atomic mass is 9.74. The van der Waals surface area contributed by atoms with Crippen LogP contribution in [0.4, 0.5) is 0 Å². The van der Waals surface area contributed by atoms with E-state index < -0.39 is 11.6 Å². The van der Waals surface area contributed by atoms with Crippen molar-refractivity contribution in [3.8, 4) is 0 Å². The third-order valence-corrected chi connectivity index (χ3v) is 7.63. The number of nitrogens with one attached hydrogen (secondary N) is 2. The second kappa shape index (κ2) is 7.70. The summed E-state index contributed by atoms with van der Waals surface area (Å²) in [7, 11) is 2.03. The summed E-state index contributed by atoms with van der Waals surface area (Å²) in [4.78, 5) is 37.4. The number of carbonyl (C=O) groups excluding carboxylic acids is 2. The molecule has 2 unspecified atom stereocenters. The van der Waals surface area contributed by atoms with Crippen LogP contribution in [0.25, 0.3) is 10.9 Å². The molecule has 1 aliphatic carbocycles. The summed E-state index contributed by atoms with van der Waals surface area (Å²) in [5.41, 5.74) is 7.78. The van der Waals surface area contributed by atoms with E-state index in [4.69, 9.17) is 17.3 Å². The number of aromatic amines is 1. The van der Waals surface area contributed by atoms with Gasteiger partial charge in [0.15, 0.2) is 5.01 Å². The van der Waals surface area contributed by atoms with E-state index in [2.05, 4.69) is 20.2 Å². The number of thiazole rings is 1. The summed E-state index contributed by atoms with van der Waals surface area (Å²) in [5, 5.41) is 4.95. The molecule has 0 spiro atoms. The summed E-state index contributed by atoms with van der Waals surface area (Å²) < 4.78 is 0. The minimum absolute atomic E-state index is 0.187. The normalized spacial score (nSPS) is 23.8. The van der Waals surface area contributed by atoms with Gasteiger partial charge in [0.05, 0.1) is 17.4 Å². The number of hydrogen-bond acceptors (Lipinski definition) is 6. The first kappa shape index (κ1) is 20.6. The van der Waals surface area contributed by atoms with E-state index in [1.54, 1.807) is 12.1 Å². The maximum absolute atomic E-state index is 13.5. The Labute approximate surface area is 189 Å². The van der Waals surface area contributed by atoms with Crippen LogP contribution in [0.2, 0.25) is 5.02 Å². The van der Waals surface area contributed by atoms with Gasteiger partial charge in [-0.05, 0) is 44.2 Å². The molecule has 31 heavy (non-hydrogen) atoms. The molecule has 4 N–H and O–H groups in total. The molecule has 2 atom stereocenters. The molecule has 7 nitrogen and oxygen atoms in total. The van der Waals surface area contributed by atoms with E-state index in [0.29, 0.717) is 28.6 Å². The Balaban J connectivity index is 1.39. The number of aromatic nitrogens is 2. The highest BCUT2D eigenvalue weighted by Gasteiger charge is 2.45. The average molecular weight is 458 g/mol. The van der Waals surface area contributed by atoms with Crippen molar-refractivity contribution in [3.63, 3.8) is 0 Å². The van der Waals surface area contributed by atoms with Gasteiger partial charge < -0.3 is 16.0 Å². The number of nitrogens with two attached hydrogens (primary N) is 1. The minimum atomic E-state index is -1.17. The molecule has 1 aromatic carbocycles. The molecule has 162 valence electrons. The van der Waals surface area contributed by atoms with Crippen molar-refractivity contribution < 1.29 is 9.59 Å². The molecule has 1 aliphatic heterocycles. The zero-order valence-electron chi connectivity index (χ0n) is 17.2. The van der Waals surface area contributed by atoms with Crippen molar-refractivity contribution in [3.05, 3.63) is 50.6 Å². The van der Waals surface area contributed by atoms with Gasteiger partial charge in [0.25, 0.3) is 5.91 Å². The maximum atomic E-state index is 13.5. The summed E-state index contributed by atoms with van der Waals surface area (Å²) in [6.45, 7) is 1.57. The monoisotopic (exact) mass is 457 g/mol. The molecule has 3 aromatic rings. The average Bonchev–Trinajstić information content (AvgIpc) is 3.41. The fourth-order valence-corrected chi connectivity index (χ4v) is 5.89. The van der Waals surface area contributed by atoms with E-state index in [1.807, 2.05) is 19.2 Å². The number of fused-ring (bicyclic) bond motifs is 2. The summed E-state index contributed by atoms with van der Waals surface area (Å²) in [5.74, 6) is -0.437. The van der Waals surface area contributed by atoms with Crippen molar-refractivity contribution in [2.75, 3.05) is 7.05 Å². The number of halogens is 1. The van der Waals surface area contributed by atoms with Crippen LogP contribution in [0.1, 0.15) is 56.5 Å². The Hall–Kier alpha value is -2.26. The van der Waals surface area contributed by atoms with Crippen molar-refractivity contribution in [2.45, 2.75) is 50.4 Å². The van der Waals surface area contributed by atoms with Gasteiger partial charge in [-0.25, -0.2) is 4.98 Å². The van der Waals surface area contributed by atoms with Crippen LogP contribution in [-0.4, -0.2) is 45.2 Å². The topological polar surface area (TPSA) is 104 Å². The Morgan fingerprint density at radius 3 is 2.97 bits per heavy atom. The molecule has 5 rings (SSSR count). The van der Waals surface area contributed by atoms with E-state index in [1.165, 1.54) is 11.3 Å². The zero-order chi connectivity index (χ0) is 21.8. The number of benzene rings is 1. The number of nitrogens with zero attached hydrogens (tertiary/aromatic N) is 2. The molecule has 2 aromatic heterocycles. The van der Waals surface area contributed by atoms with E-state index in [-0.39, 0.29) is 11.7 Å². The SMILES string of the molecule is CN1Cc2nc(C(=O)NC3CCCCC3(N)C(=O)c3cc4cc(Cl)ccc4[nH]3)sc2C1. The van der Waals surface area contributed by atoms with Crippen molar-refractivity contribution in [2.24, 2.45) is 5.73 Å². The standard InChI is InChI=1S/C22H24ClN5O2S/c1-28-10-16-17(11-28)31-21(26-16)20(30)27-18-4-2-3-7-22(18,24)19(29)15-9-12-8-13(23)5-6-14(12)25-15/h5-6,8-9,18,25H,2-4,7,10-11,24H2,1H3,(H,27,30). The lowest BCUT2D eigenvalue weighted by Gasteiger charge is -2.39. The maximum Gasteiger partial charge on any atom is 0.280 e. The summed E-state index contributed by atoms with van der Waals surface area (Å²) in [6.07, 6.45) is 2.94. The number of Topliss-reactive ketones (excluding diaryl/α,β-unsaturated/α-hetero) is 1. The number of ketones is 1. The van der Waals surface area contributed by atoms with Crippen LogP contribution in [0.3, 0.4) is 0 Å². The Morgan fingerprint density at radius 2 is 2.16 bits per heavy atom. The zero-order valence-corrected chi connectivity index (χ0v) is 18.8. The first-order valence-corrected chi connectivity index (χ1v) is 11.6. The molecule has 1 fully saturated rings. The third-order valence-electron chi connectivity index (χ3n) is 6.32. The fourth-order valence-electron chi connectivity index (χ4n) is 4.65. The van der Waals surface area contributed by atoms with Gasteiger partial charge in [0, 0.05) is 33.9 Å². The van der Waals surface area contributed by atoms with Crippen LogP contribution in [-0.2, 0) is 13.1 Å². The lowest BCUT2D eigenvalue weighted by molar-refractivity contribution is 0.0755. The quantitative estimate of drug-likeness (QED) is 0.520. The lowest BCUT2D eigenvalue weighted by Crippen LogP contribution is -2.64. The molecular formula is C22H24ClN5O2S. The van der Waals surface area contributed by atoms with Crippen molar-refractivity contribution in [1.29, 1.82) is 0 Å². The van der Waals surface area contributed by atoms with Crippen LogP contribution in [0.15, 0.2) is 24.3 Å². The van der Waals surface area contributed by atoms with E-state index in [0.717, 1.165) is 47.4 Å². The third kappa shape index (κ3) is 3.67. The van der Waals surface area contributed by atoms with Gasteiger partial charge in [-0.1, -0.05) is 24.4 Å². The molecule has 0 saturated heterocycles. The highest BCUT2D eigenvalue weighted by molar-refractivity contribution is 7.13. The largest absolute Gasteiger partial charge is 0.352 e. The molecule has 0 radical (unpaired) electrons. The smallest absolute Gasteiger partial charge is 0.280 e. The summed E-state index contributed by atoms with van der Waals surface area (Å²) in [6, 6.07) is 6.77. The van der Waals surface area contributed by atoms with Gasteiger partial charge in [-0.2, -0.15) is 0 Å². The molecule has 1 amide bonds. The number of rotatable bonds is 4. The molecule has 1 saturated carbocycles. The van der Waals surface area contributed by atoms with Crippen LogP contribution in [0, 0.1) is 0 Å². The summed E-state index contributed by atoms with van der Waals surface area (Å²) >= 11 is 7.50. The molecule has 0 bridgehead atoms. The van der Waals surface area contributed by atoms with Crippen molar-refractivity contribution in [1.82, 2.24) is 20.2 Å². The number of amides is 1. The highest BCUT2D eigenvalue weighted by atomic mass is 35.5.